The fourth-order valence-corrected chi connectivity index (χ4v) is 1.31. The lowest BCUT2D eigenvalue weighted by Gasteiger charge is -2.33. The molecule has 0 heterocycles. The first-order valence-corrected chi connectivity index (χ1v) is 4.40. The molecule has 0 saturated carbocycles. The van der Waals surface area contributed by atoms with Crippen molar-refractivity contribution in [2.75, 3.05) is 0 Å². The van der Waals surface area contributed by atoms with Gasteiger partial charge in [0, 0.05) is 5.92 Å². The lowest BCUT2D eigenvalue weighted by atomic mass is 9.71. The molecule has 0 N–H and O–H groups in total. The largest absolute Gasteiger partial charge is 0.0771 e. The lowest BCUT2D eigenvalue weighted by molar-refractivity contribution is 0.205. The Kier molecular flexibility index (Phi) is 2.22. The maximum absolute atomic E-state index is 2.34. The summed E-state index contributed by atoms with van der Waals surface area (Å²) in [4.78, 5) is 0. The third-order valence-corrected chi connectivity index (χ3v) is 3.10. The average molecular weight is 150 g/mol. The van der Waals surface area contributed by atoms with Gasteiger partial charge in [-0.3, -0.25) is 0 Å². The van der Waals surface area contributed by atoms with E-state index in [0.717, 1.165) is 5.92 Å². The van der Waals surface area contributed by atoms with Gasteiger partial charge in [0.1, 0.15) is 0 Å². The molecule has 0 atom stereocenters. The highest BCUT2D eigenvalue weighted by atomic mass is 14.3. The smallest absolute Gasteiger partial charge is 0.000644 e. The van der Waals surface area contributed by atoms with Crippen LogP contribution in [0.4, 0.5) is 0 Å². The van der Waals surface area contributed by atoms with Crippen LogP contribution in [0.5, 0.6) is 0 Å². The summed E-state index contributed by atoms with van der Waals surface area (Å²) in [5.74, 6) is 1.38. The van der Waals surface area contributed by atoms with Crippen molar-refractivity contribution in [1.82, 2.24) is 0 Å². The Morgan fingerprint density at radius 2 is 1.55 bits per heavy atom. The molecule has 0 heteroatoms. The fraction of sp³-hybridized carbons (Fsp3) is 0.636. The Balaban J connectivity index is 2.72. The molecular formula is C11H18. The molecule has 0 aromatic rings. The quantitative estimate of drug-likeness (QED) is 0.566. The van der Waals surface area contributed by atoms with E-state index in [1.165, 1.54) is 0 Å². The fourth-order valence-electron chi connectivity index (χ4n) is 1.31. The Hall–Kier alpha value is -0.520. The summed E-state index contributed by atoms with van der Waals surface area (Å²) in [6.07, 6.45) is 8.88. The van der Waals surface area contributed by atoms with Gasteiger partial charge in [-0.1, -0.05) is 52.0 Å². The molecule has 62 valence electrons. The molecule has 0 amide bonds. The van der Waals surface area contributed by atoms with E-state index in [-0.39, 0.29) is 0 Å². The highest BCUT2D eigenvalue weighted by molar-refractivity contribution is 5.20. The van der Waals surface area contributed by atoms with Crippen LogP contribution in [-0.4, -0.2) is 0 Å². The summed E-state index contributed by atoms with van der Waals surface area (Å²) in [5.41, 5.74) is 0.406. The van der Waals surface area contributed by atoms with Crippen molar-refractivity contribution in [1.29, 1.82) is 0 Å². The van der Waals surface area contributed by atoms with Crippen LogP contribution in [0, 0.1) is 17.3 Å². The van der Waals surface area contributed by atoms with Crippen molar-refractivity contribution in [3.05, 3.63) is 24.3 Å². The number of allylic oxidation sites excluding steroid dienone is 4. The molecule has 0 spiro atoms. The second kappa shape index (κ2) is 2.84. The minimum Gasteiger partial charge on any atom is -0.0771 e. The van der Waals surface area contributed by atoms with Crippen molar-refractivity contribution < 1.29 is 0 Å². The van der Waals surface area contributed by atoms with Crippen molar-refractivity contribution in [2.24, 2.45) is 17.3 Å². The Morgan fingerprint density at radius 1 is 1.09 bits per heavy atom. The highest BCUT2D eigenvalue weighted by Crippen LogP contribution is 2.38. The van der Waals surface area contributed by atoms with Gasteiger partial charge >= 0.3 is 0 Å². The number of rotatable bonds is 2. The molecule has 1 aliphatic rings. The van der Waals surface area contributed by atoms with E-state index in [1.807, 2.05) is 0 Å². The lowest BCUT2D eigenvalue weighted by Crippen LogP contribution is -2.26. The average Bonchev–Trinajstić information content (AvgIpc) is 2.37. The van der Waals surface area contributed by atoms with Crippen molar-refractivity contribution >= 4 is 0 Å². The van der Waals surface area contributed by atoms with Gasteiger partial charge in [0.25, 0.3) is 0 Å². The molecule has 0 aromatic heterocycles. The summed E-state index contributed by atoms with van der Waals surface area (Å²) in [5, 5.41) is 0. The van der Waals surface area contributed by atoms with Crippen LogP contribution in [0.15, 0.2) is 24.3 Å². The second-order valence-electron chi connectivity index (χ2n) is 4.27. The second-order valence-corrected chi connectivity index (χ2v) is 4.27. The van der Waals surface area contributed by atoms with E-state index < -0.39 is 0 Å². The van der Waals surface area contributed by atoms with Crippen LogP contribution in [0.2, 0.25) is 0 Å². The normalized spacial score (nSPS) is 18.6. The zero-order valence-electron chi connectivity index (χ0n) is 7.96. The minimum atomic E-state index is 0.406. The van der Waals surface area contributed by atoms with Gasteiger partial charge in [0.05, 0.1) is 0 Å². The van der Waals surface area contributed by atoms with Gasteiger partial charge in [0.2, 0.25) is 0 Å². The summed E-state index contributed by atoms with van der Waals surface area (Å²) >= 11 is 0. The first-order chi connectivity index (χ1) is 5.05. The summed E-state index contributed by atoms with van der Waals surface area (Å²) in [6, 6.07) is 0. The van der Waals surface area contributed by atoms with E-state index in [4.69, 9.17) is 0 Å². The van der Waals surface area contributed by atoms with Crippen LogP contribution < -0.4 is 0 Å². The number of hydrogen-bond acceptors (Lipinski definition) is 0. The predicted molar refractivity (Wildman–Crippen MR) is 50.4 cm³/mol. The van der Waals surface area contributed by atoms with Crippen LogP contribution in [0.25, 0.3) is 0 Å². The first kappa shape index (κ1) is 8.58. The standard InChI is InChI=1S/C11H18/c1-9(2)11(3,4)10-7-5-6-8-10/h5-10H,1-4H3. The summed E-state index contributed by atoms with van der Waals surface area (Å²) < 4.78 is 0. The Morgan fingerprint density at radius 3 is 1.91 bits per heavy atom. The molecule has 0 aromatic carbocycles. The third kappa shape index (κ3) is 1.55. The molecule has 0 fully saturated rings. The highest BCUT2D eigenvalue weighted by Gasteiger charge is 2.29. The molecule has 0 aliphatic heterocycles. The van der Waals surface area contributed by atoms with E-state index in [9.17, 15) is 0 Å². The first-order valence-electron chi connectivity index (χ1n) is 4.40. The van der Waals surface area contributed by atoms with Crippen LogP contribution in [0.3, 0.4) is 0 Å². The summed E-state index contributed by atoms with van der Waals surface area (Å²) in [7, 11) is 0. The molecule has 0 unspecified atom stereocenters. The molecule has 0 bridgehead atoms. The van der Waals surface area contributed by atoms with Crippen molar-refractivity contribution in [3.63, 3.8) is 0 Å². The van der Waals surface area contributed by atoms with Gasteiger partial charge in [-0.05, 0) is 11.3 Å². The molecular weight excluding hydrogens is 132 g/mol. The molecule has 11 heavy (non-hydrogen) atoms. The van der Waals surface area contributed by atoms with Crippen LogP contribution in [-0.2, 0) is 0 Å². The van der Waals surface area contributed by atoms with Crippen LogP contribution >= 0.6 is 0 Å². The monoisotopic (exact) mass is 150 g/mol. The van der Waals surface area contributed by atoms with Gasteiger partial charge in [-0.2, -0.15) is 0 Å². The summed E-state index contributed by atoms with van der Waals surface area (Å²) in [6.45, 7) is 9.25. The van der Waals surface area contributed by atoms with Gasteiger partial charge < -0.3 is 0 Å². The SMILES string of the molecule is CC(C)C(C)(C)C1C=CC=C1. The zero-order chi connectivity index (χ0) is 8.48. The van der Waals surface area contributed by atoms with E-state index >= 15 is 0 Å². The van der Waals surface area contributed by atoms with E-state index in [2.05, 4.69) is 52.0 Å². The Bertz CT molecular complexity index is 170. The van der Waals surface area contributed by atoms with Crippen molar-refractivity contribution in [3.8, 4) is 0 Å². The molecule has 0 radical (unpaired) electrons. The maximum Gasteiger partial charge on any atom is 0.000644 e. The Labute approximate surface area is 70.0 Å². The van der Waals surface area contributed by atoms with E-state index in [0.29, 0.717) is 11.3 Å². The van der Waals surface area contributed by atoms with Crippen LogP contribution in [0.1, 0.15) is 27.7 Å². The van der Waals surface area contributed by atoms with Gasteiger partial charge in [0.15, 0.2) is 0 Å². The molecule has 1 rings (SSSR count). The third-order valence-electron chi connectivity index (χ3n) is 3.10. The van der Waals surface area contributed by atoms with E-state index in [1.54, 1.807) is 0 Å². The topological polar surface area (TPSA) is 0 Å². The van der Waals surface area contributed by atoms with Gasteiger partial charge in [-0.15, -0.1) is 0 Å². The number of hydrogen-bond donors (Lipinski definition) is 0. The molecule has 0 nitrogen and oxygen atoms in total. The molecule has 1 aliphatic carbocycles. The van der Waals surface area contributed by atoms with Gasteiger partial charge in [-0.25, -0.2) is 0 Å². The minimum absolute atomic E-state index is 0.406. The predicted octanol–water partition coefficient (Wildman–Crippen LogP) is 3.41. The maximum atomic E-state index is 2.34. The molecule has 0 saturated heterocycles. The van der Waals surface area contributed by atoms with Crippen molar-refractivity contribution in [2.45, 2.75) is 27.7 Å². The zero-order valence-corrected chi connectivity index (χ0v) is 7.96.